The van der Waals surface area contributed by atoms with Gasteiger partial charge in [-0.15, -0.1) is 0 Å². The largest absolute Gasteiger partial charge is 0.491 e. The molecule has 1 aromatic rings. The van der Waals surface area contributed by atoms with Crippen molar-refractivity contribution in [1.82, 2.24) is 0 Å². The van der Waals surface area contributed by atoms with Crippen LogP contribution in [-0.4, -0.2) is 18.2 Å². The number of carbonyl (C=O) groups excluding carboxylic acids is 1. The highest BCUT2D eigenvalue weighted by Crippen LogP contribution is 2.16. The highest BCUT2D eigenvalue weighted by molar-refractivity contribution is 5.89. The average Bonchev–Trinajstić information content (AvgIpc) is 2.28. The van der Waals surface area contributed by atoms with E-state index in [1.54, 1.807) is 18.2 Å². The molecule has 0 radical (unpaired) electrons. The van der Waals surface area contributed by atoms with E-state index in [1.165, 1.54) is 0 Å². The van der Waals surface area contributed by atoms with Crippen LogP contribution < -0.4 is 4.74 Å². The molecule has 1 atom stereocenters. The van der Waals surface area contributed by atoms with Crippen LogP contribution >= 0.6 is 0 Å². The number of rotatable bonds is 5. The SMILES string of the molecule is CCC(C)OC(=O)c1cccc(OC(C)C)c1. The van der Waals surface area contributed by atoms with Gasteiger partial charge in [0.2, 0.25) is 0 Å². The van der Waals surface area contributed by atoms with Crippen LogP contribution in [-0.2, 0) is 4.74 Å². The van der Waals surface area contributed by atoms with Crippen molar-refractivity contribution >= 4 is 5.97 Å². The fourth-order valence-corrected chi connectivity index (χ4v) is 1.30. The molecule has 17 heavy (non-hydrogen) atoms. The quantitative estimate of drug-likeness (QED) is 0.735. The highest BCUT2D eigenvalue weighted by Gasteiger charge is 2.11. The van der Waals surface area contributed by atoms with Crippen LogP contribution in [0.5, 0.6) is 5.75 Å². The smallest absolute Gasteiger partial charge is 0.338 e. The Morgan fingerprint density at radius 2 is 2.00 bits per heavy atom. The molecule has 0 saturated heterocycles. The van der Waals surface area contributed by atoms with E-state index in [-0.39, 0.29) is 18.2 Å². The molecule has 0 heterocycles. The van der Waals surface area contributed by atoms with Gasteiger partial charge in [0.05, 0.1) is 17.8 Å². The van der Waals surface area contributed by atoms with Crippen molar-refractivity contribution < 1.29 is 14.3 Å². The van der Waals surface area contributed by atoms with E-state index in [1.807, 2.05) is 33.8 Å². The number of benzene rings is 1. The molecular weight excluding hydrogens is 216 g/mol. The van der Waals surface area contributed by atoms with Crippen molar-refractivity contribution in [2.24, 2.45) is 0 Å². The summed E-state index contributed by atoms with van der Waals surface area (Å²) in [5.41, 5.74) is 0.531. The van der Waals surface area contributed by atoms with Crippen LogP contribution in [0.25, 0.3) is 0 Å². The van der Waals surface area contributed by atoms with E-state index < -0.39 is 0 Å². The van der Waals surface area contributed by atoms with Crippen LogP contribution in [0.1, 0.15) is 44.5 Å². The predicted molar refractivity (Wildman–Crippen MR) is 67.4 cm³/mol. The summed E-state index contributed by atoms with van der Waals surface area (Å²) in [6.07, 6.45) is 0.849. The first-order chi connectivity index (χ1) is 8.02. The number of carbonyl (C=O) groups is 1. The first-order valence-corrected chi connectivity index (χ1v) is 6.00. The fraction of sp³-hybridized carbons (Fsp3) is 0.500. The minimum Gasteiger partial charge on any atom is -0.491 e. The van der Waals surface area contributed by atoms with E-state index in [4.69, 9.17) is 9.47 Å². The molecule has 0 fully saturated rings. The van der Waals surface area contributed by atoms with Gasteiger partial charge in [-0.1, -0.05) is 13.0 Å². The molecule has 3 nitrogen and oxygen atoms in total. The molecule has 0 aliphatic heterocycles. The Balaban J connectivity index is 2.73. The Kier molecular flexibility index (Phi) is 5.01. The molecule has 0 N–H and O–H groups in total. The first-order valence-electron chi connectivity index (χ1n) is 6.00. The van der Waals surface area contributed by atoms with Gasteiger partial charge >= 0.3 is 5.97 Å². The van der Waals surface area contributed by atoms with Gasteiger partial charge in [0.1, 0.15) is 5.75 Å². The van der Waals surface area contributed by atoms with Crippen LogP contribution in [0.15, 0.2) is 24.3 Å². The second-order valence-electron chi connectivity index (χ2n) is 4.32. The Hall–Kier alpha value is -1.51. The van der Waals surface area contributed by atoms with E-state index in [2.05, 4.69) is 0 Å². The lowest BCUT2D eigenvalue weighted by atomic mass is 10.2. The van der Waals surface area contributed by atoms with E-state index in [0.29, 0.717) is 11.3 Å². The highest BCUT2D eigenvalue weighted by atomic mass is 16.5. The second-order valence-corrected chi connectivity index (χ2v) is 4.32. The molecule has 3 heteroatoms. The van der Waals surface area contributed by atoms with Gasteiger partial charge in [-0.2, -0.15) is 0 Å². The first kappa shape index (κ1) is 13.6. The van der Waals surface area contributed by atoms with Gasteiger partial charge in [-0.3, -0.25) is 0 Å². The minimum absolute atomic E-state index is 0.0582. The number of esters is 1. The third-order valence-corrected chi connectivity index (χ3v) is 2.32. The van der Waals surface area contributed by atoms with Crippen LogP contribution in [0.4, 0.5) is 0 Å². The molecule has 0 aliphatic carbocycles. The van der Waals surface area contributed by atoms with Crippen LogP contribution in [0.3, 0.4) is 0 Å². The topological polar surface area (TPSA) is 35.5 Å². The molecule has 0 amide bonds. The van der Waals surface area contributed by atoms with Gasteiger partial charge in [-0.05, 0) is 45.4 Å². The second kappa shape index (κ2) is 6.28. The van der Waals surface area contributed by atoms with E-state index in [0.717, 1.165) is 6.42 Å². The Labute approximate surface area is 103 Å². The Bertz CT molecular complexity index is 371. The summed E-state index contributed by atoms with van der Waals surface area (Å²) in [5.74, 6) is 0.396. The van der Waals surface area contributed by atoms with E-state index in [9.17, 15) is 4.79 Å². The summed E-state index contributed by atoms with van der Waals surface area (Å²) in [4.78, 5) is 11.8. The van der Waals surface area contributed by atoms with Crippen LogP contribution in [0.2, 0.25) is 0 Å². The van der Waals surface area contributed by atoms with Crippen molar-refractivity contribution in [2.75, 3.05) is 0 Å². The van der Waals surface area contributed by atoms with Gasteiger partial charge in [0.25, 0.3) is 0 Å². The Morgan fingerprint density at radius 3 is 2.59 bits per heavy atom. The van der Waals surface area contributed by atoms with Crippen molar-refractivity contribution in [3.8, 4) is 5.75 Å². The molecule has 0 bridgehead atoms. The number of hydrogen-bond donors (Lipinski definition) is 0. The number of ether oxygens (including phenoxy) is 2. The maximum atomic E-state index is 11.8. The summed E-state index contributed by atoms with van der Waals surface area (Å²) < 4.78 is 10.8. The summed E-state index contributed by atoms with van der Waals surface area (Å²) in [6, 6.07) is 7.08. The summed E-state index contributed by atoms with van der Waals surface area (Å²) in [5, 5.41) is 0. The molecule has 94 valence electrons. The van der Waals surface area contributed by atoms with Crippen molar-refractivity contribution in [2.45, 2.75) is 46.3 Å². The molecular formula is C14H20O3. The van der Waals surface area contributed by atoms with Gasteiger partial charge < -0.3 is 9.47 Å². The molecule has 0 spiro atoms. The van der Waals surface area contributed by atoms with Crippen LogP contribution in [0, 0.1) is 0 Å². The summed E-state index contributed by atoms with van der Waals surface area (Å²) >= 11 is 0. The molecule has 1 aromatic carbocycles. The van der Waals surface area contributed by atoms with E-state index >= 15 is 0 Å². The Morgan fingerprint density at radius 1 is 1.29 bits per heavy atom. The maximum absolute atomic E-state index is 11.8. The zero-order valence-corrected chi connectivity index (χ0v) is 10.9. The van der Waals surface area contributed by atoms with Gasteiger partial charge in [-0.25, -0.2) is 4.79 Å². The van der Waals surface area contributed by atoms with Crippen molar-refractivity contribution in [3.63, 3.8) is 0 Å². The lowest BCUT2D eigenvalue weighted by Gasteiger charge is -2.13. The van der Waals surface area contributed by atoms with Gasteiger partial charge in [0, 0.05) is 0 Å². The normalized spacial score (nSPS) is 12.3. The van der Waals surface area contributed by atoms with Gasteiger partial charge in [0.15, 0.2) is 0 Å². The van der Waals surface area contributed by atoms with Crippen molar-refractivity contribution in [1.29, 1.82) is 0 Å². The minimum atomic E-state index is -0.298. The average molecular weight is 236 g/mol. The lowest BCUT2D eigenvalue weighted by molar-refractivity contribution is 0.0334. The zero-order chi connectivity index (χ0) is 12.8. The molecule has 0 aromatic heterocycles. The molecule has 1 rings (SSSR count). The summed E-state index contributed by atoms with van der Waals surface area (Å²) in [7, 11) is 0. The maximum Gasteiger partial charge on any atom is 0.338 e. The monoisotopic (exact) mass is 236 g/mol. The molecule has 1 unspecified atom stereocenters. The molecule has 0 saturated carbocycles. The zero-order valence-electron chi connectivity index (χ0n) is 10.9. The fourth-order valence-electron chi connectivity index (χ4n) is 1.30. The standard InChI is InChI=1S/C14H20O3/c1-5-11(4)17-14(15)12-7-6-8-13(9-12)16-10(2)3/h6-11H,5H2,1-4H3. The predicted octanol–water partition coefficient (Wildman–Crippen LogP) is 3.43. The van der Waals surface area contributed by atoms with Crippen molar-refractivity contribution in [3.05, 3.63) is 29.8 Å². The lowest BCUT2D eigenvalue weighted by Crippen LogP contribution is -2.14. The third kappa shape index (κ3) is 4.47. The number of hydrogen-bond acceptors (Lipinski definition) is 3. The summed E-state index contributed by atoms with van der Waals surface area (Å²) in [6.45, 7) is 7.76. The molecule has 0 aliphatic rings. The third-order valence-electron chi connectivity index (χ3n) is 2.32.